The molecule has 12 heteroatoms. The molecule has 4 rings (SSSR count). The molecule has 0 amide bonds. The number of carbonyl (C=O) groups is 2. The minimum atomic E-state index is -1.07. The first-order chi connectivity index (χ1) is 11.9. The fraction of sp³-hybridized carbons (Fsp3) is 0.0667. The fourth-order valence-corrected chi connectivity index (χ4v) is 3.70. The van der Waals surface area contributed by atoms with Gasteiger partial charge in [0.25, 0.3) is 0 Å². The maximum absolute atomic E-state index is 13.0. The first-order valence-corrected chi connectivity index (χ1v) is 8.49. The number of aromatic nitrogens is 2. The van der Waals surface area contributed by atoms with E-state index in [-0.39, 0.29) is 58.1 Å². The number of carboxylic acids is 1. The smallest absolute Gasteiger partial charge is 0.870 e. The molecule has 0 fully saturated rings. The number of methoxy groups -OCH3 is 1. The number of hydrogen-bond donors (Lipinski definition) is 3. The zero-order valence-electron chi connectivity index (χ0n) is 14.0. The van der Waals surface area contributed by atoms with Crippen molar-refractivity contribution in [1.82, 2.24) is 9.97 Å². The number of carboxylic acid groups (broad SMARTS) is 1. The van der Waals surface area contributed by atoms with Crippen molar-refractivity contribution in [2.75, 3.05) is 7.11 Å². The molecule has 0 aromatic carbocycles. The van der Waals surface area contributed by atoms with Crippen molar-refractivity contribution in [2.24, 2.45) is 0 Å². The number of ether oxygens (including phenoxy) is 1. The van der Waals surface area contributed by atoms with Crippen LogP contribution in [0.4, 0.5) is 8.78 Å². The van der Waals surface area contributed by atoms with Crippen LogP contribution in [-0.2, 0) is 4.74 Å². The summed E-state index contributed by atoms with van der Waals surface area (Å²) >= 11 is 2.38. The van der Waals surface area contributed by atoms with Crippen LogP contribution in [0.2, 0.25) is 0 Å². The van der Waals surface area contributed by atoms with Crippen LogP contribution in [0, 0.1) is 11.6 Å². The van der Waals surface area contributed by atoms with Crippen molar-refractivity contribution in [2.45, 2.75) is 0 Å². The molecule has 0 spiro atoms. The van der Waals surface area contributed by atoms with E-state index < -0.39 is 11.9 Å². The quantitative estimate of drug-likeness (QED) is 0.328. The van der Waals surface area contributed by atoms with Gasteiger partial charge in [-0.25, -0.2) is 18.4 Å². The van der Waals surface area contributed by atoms with Gasteiger partial charge in [0.2, 0.25) is 0 Å². The molecule has 0 aliphatic rings. The maximum atomic E-state index is 13.0. The predicted octanol–water partition coefficient (Wildman–Crippen LogP) is 1.05. The van der Waals surface area contributed by atoms with E-state index in [0.29, 0.717) is 20.4 Å². The Hall–Kier alpha value is -1.76. The Morgan fingerprint density at radius 3 is 1.85 bits per heavy atom. The Morgan fingerprint density at radius 2 is 1.44 bits per heavy atom. The molecular formula is C15H11F2N2NaO5S2. The molecule has 0 aliphatic heterocycles. The number of rotatable bonds is 2. The van der Waals surface area contributed by atoms with Crippen molar-refractivity contribution in [1.29, 1.82) is 0 Å². The minimum absolute atomic E-state index is 0. The van der Waals surface area contributed by atoms with Crippen molar-refractivity contribution >= 4 is 55.0 Å². The zero-order chi connectivity index (χ0) is 18.1. The second-order valence-corrected chi connectivity index (χ2v) is 6.57. The van der Waals surface area contributed by atoms with E-state index in [2.05, 4.69) is 14.7 Å². The summed E-state index contributed by atoms with van der Waals surface area (Å²) in [6.45, 7) is 0. The first-order valence-electron chi connectivity index (χ1n) is 6.73. The number of carbonyl (C=O) groups excluding carboxylic acids is 1. The normalized spacial score (nSPS) is 9.89. The van der Waals surface area contributed by atoms with Crippen molar-refractivity contribution < 1.29 is 63.2 Å². The Bertz CT molecular complexity index is 1080. The van der Waals surface area contributed by atoms with Crippen LogP contribution in [0.25, 0.3) is 20.4 Å². The minimum Gasteiger partial charge on any atom is -0.870 e. The van der Waals surface area contributed by atoms with Crippen molar-refractivity contribution in [3.8, 4) is 0 Å². The Balaban J connectivity index is 0.000000252. The summed E-state index contributed by atoms with van der Waals surface area (Å²) < 4.78 is 30.3. The summed E-state index contributed by atoms with van der Waals surface area (Å²) in [6.07, 6.45) is 0. The van der Waals surface area contributed by atoms with Gasteiger partial charge in [-0.15, -0.1) is 22.7 Å². The maximum Gasteiger partial charge on any atom is 1.00 e. The van der Waals surface area contributed by atoms with E-state index in [9.17, 15) is 18.4 Å². The fourth-order valence-electron chi connectivity index (χ4n) is 2.10. The molecule has 0 saturated carbocycles. The van der Waals surface area contributed by atoms with Crippen LogP contribution in [0.5, 0.6) is 0 Å². The summed E-state index contributed by atoms with van der Waals surface area (Å²) in [5.41, 5.74) is 0.305. The molecule has 4 aromatic rings. The first kappa shape index (κ1) is 23.3. The van der Waals surface area contributed by atoms with Crippen molar-refractivity contribution in [3.05, 3.63) is 45.9 Å². The van der Waals surface area contributed by atoms with Gasteiger partial charge in [-0.1, -0.05) is 0 Å². The molecule has 0 bridgehead atoms. The summed E-state index contributed by atoms with van der Waals surface area (Å²) in [7, 11) is 1.29. The van der Waals surface area contributed by atoms with E-state index in [0.717, 1.165) is 11.3 Å². The zero-order valence-corrected chi connectivity index (χ0v) is 17.6. The number of aromatic amines is 2. The van der Waals surface area contributed by atoms with Crippen LogP contribution in [0.15, 0.2) is 22.9 Å². The van der Waals surface area contributed by atoms with Crippen LogP contribution >= 0.6 is 22.7 Å². The van der Waals surface area contributed by atoms with Crippen LogP contribution in [0.3, 0.4) is 0 Å². The number of halogens is 2. The summed E-state index contributed by atoms with van der Waals surface area (Å²) in [5.74, 6) is -2.24. The van der Waals surface area contributed by atoms with E-state index in [1.54, 1.807) is 0 Å². The van der Waals surface area contributed by atoms with E-state index in [1.165, 1.54) is 41.3 Å². The van der Waals surface area contributed by atoms with Gasteiger partial charge in [0.15, 0.2) is 0 Å². The molecule has 27 heavy (non-hydrogen) atoms. The third-order valence-corrected chi connectivity index (χ3v) is 5.04. The van der Waals surface area contributed by atoms with Gasteiger partial charge in [-0.3, -0.25) is 0 Å². The van der Waals surface area contributed by atoms with E-state index in [1.807, 2.05) is 0 Å². The summed E-state index contributed by atoms with van der Waals surface area (Å²) in [6, 6.07) is 2.75. The van der Waals surface area contributed by atoms with Gasteiger partial charge in [0, 0.05) is 21.5 Å². The molecule has 4 heterocycles. The average Bonchev–Trinajstić information content (AvgIpc) is 3.32. The number of nitrogens with one attached hydrogen (secondary N) is 2. The number of aromatic carboxylic acids is 1. The molecule has 0 saturated heterocycles. The Kier molecular flexibility index (Phi) is 8.14. The third-order valence-electron chi connectivity index (χ3n) is 3.27. The van der Waals surface area contributed by atoms with Crippen molar-refractivity contribution in [3.63, 3.8) is 0 Å². The largest absolute Gasteiger partial charge is 1.00 e. The number of fused-ring (bicyclic) bond motifs is 2. The summed E-state index contributed by atoms with van der Waals surface area (Å²) in [5, 5.41) is 12.1. The average molecular weight is 424 g/mol. The Morgan fingerprint density at radius 1 is 1.00 bits per heavy atom. The van der Waals surface area contributed by atoms with Crippen LogP contribution in [-0.4, -0.2) is 39.6 Å². The van der Waals surface area contributed by atoms with E-state index in [4.69, 9.17) is 5.11 Å². The van der Waals surface area contributed by atoms with Gasteiger partial charge in [0.05, 0.1) is 7.11 Å². The monoisotopic (exact) mass is 424 g/mol. The second kappa shape index (κ2) is 9.44. The SMILES string of the molecule is COC(=O)c1cc2c(F)csc2[nH]1.O=C(O)c1cc2c(F)csc2[nH]1.[Na+].[OH-]. The number of H-pyrrole nitrogens is 2. The van der Waals surface area contributed by atoms with Gasteiger partial charge in [-0.2, -0.15) is 0 Å². The van der Waals surface area contributed by atoms with Gasteiger partial charge < -0.3 is 25.3 Å². The van der Waals surface area contributed by atoms with Crippen LogP contribution < -0.4 is 29.6 Å². The topological polar surface area (TPSA) is 125 Å². The molecule has 0 radical (unpaired) electrons. The van der Waals surface area contributed by atoms with E-state index >= 15 is 0 Å². The van der Waals surface area contributed by atoms with Gasteiger partial charge in [0.1, 0.15) is 32.7 Å². The predicted molar refractivity (Wildman–Crippen MR) is 92.5 cm³/mol. The standard InChI is InChI=1S/C8H6FNO2S.C7H4FNO2S.Na.H2O/c1-12-8(11)6-2-4-5(9)3-13-7(4)10-6;8-4-2-12-6-3(4)1-5(9-6)7(10)11;;/h2-3,10H,1H3;1-2,9H,(H,10,11);;1H2/q;;+1;/p-1. The molecule has 7 nitrogen and oxygen atoms in total. The Labute approximate surface area is 180 Å². The number of esters is 1. The molecule has 0 unspecified atom stereocenters. The van der Waals surface area contributed by atoms with Crippen LogP contribution in [0.1, 0.15) is 21.0 Å². The summed E-state index contributed by atoms with van der Waals surface area (Å²) in [4.78, 5) is 28.0. The molecule has 4 N–H and O–H groups in total. The molecule has 138 valence electrons. The molecule has 0 aliphatic carbocycles. The molecule has 0 atom stereocenters. The molecular weight excluding hydrogens is 413 g/mol. The third kappa shape index (κ3) is 4.75. The van der Waals surface area contributed by atoms with Gasteiger partial charge in [-0.05, 0) is 12.1 Å². The van der Waals surface area contributed by atoms with Gasteiger partial charge >= 0.3 is 41.5 Å². The molecule has 4 aromatic heterocycles. The number of hydrogen-bond acceptors (Lipinski definition) is 6. The number of thiophene rings is 2. The second-order valence-electron chi connectivity index (χ2n) is 4.82.